The number of aliphatic hydroxyl groups is 11. The molecule has 0 spiro atoms. The minimum atomic E-state index is -1.90. The fourth-order valence-electron chi connectivity index (χ4n) is 13.8. The molecule has 0 aromatic carbocycles. The zero-order valence-corrected chi connectivity index (χ0v) is 35.9. The number of aliphatic hydroxyl groups excluding tert-OH is 11. The maximum Gasteiger partial charge on any atom is 0.317 e. The van der Waals surface area contributed by atoms with Gasteiger partial charge in [0.25, 0.3) is 0 Å². The Morgan fingerprint density at radius 3 is 1.87 bits per heavy atom. The van der Waals surface area contributed by atoms with Gasteiger partial charge in [0.15, 0.2) is 6.29 Å². The van der Waals surface area contributed by atoms with E-state index in [4.69, 9.17) is 23.7 Å². The average Bonchev–Trinajstić information content (AvgIpc) is 3.22. The number of fused-ring (bicyclic) bond motifs is 7. The van der Waals surface area contributed by atoms with Crippen LogP contribution in [0.2, 0.25) is 0 Å². The van der Waals surface area contributed by atoms with E-state index in [1.54, 1.807) is 0 Å². The molecule has 7 rings (SSSR count). The fourth-order valence-corrected chi connectivity index (χ4v) is 13.8. The molecule has 11 N–H and O–H groups in total. The lowest BCUT2D eigenvalue weighted by Crippen LogP contribution is -2.72. The van der Waals surface area contributed by atoms with Crippen molar-refractivity contribution in [2.45, 2.75) is 166 Å². The number of rotatable bonds is 8. The number of allylic oxidation sites excluding steroid dienone is 1. The third kappa shape index (κ3) is 6.63. The van der Waals surface area contributed by atoms with Gasteiger partial charge in [0, 0.05) is 5.92 Å². The van der Waals surface area contributed by atoms with E-state index in [-0.39, 0.29) is 18.8 Å². The monoisotopic (exact) mass is 872 g/mol. The highest BCUT2D eigenvalue weighted by molar-refractivity contribution is 5.80. The first-order valence-electron chi connectivity index (χ1n) is 21.7. The maximum atomic E-state index is 14.7. The fraction of sp³-hybridized carbons (Fsp3) is 0.907. The van der Waals surface area contributed by atoms with Gasteiger partial charge in [-0.2, -0.15) is 0 Å². The molecular weight excluding hydrogens is 804 g/mol. The summed E-state index contributed by atoms with van der Waals surface area (Å²) in [6.45, 7) is 7.95. The van der Waals surface area contributed by atoms with Crippen LogP contribution in [0, 0.1) is 50.2 Å². The quantitative estimate of drug-likeness (QED) is 0.0742. The second-order valence-corrected chi connectivity index (χ2v) is 20.7. The molecule has 2 heterocycles. The molecule has 0 radical (unpaired) electrons. The van der Waals surface area contributed by atoms with Crippen molar-refractivity contribution in [1.82, 2.24) is 0 Å². The van der Waals surface area contributed by atoms with Gasteiger partial charge in [0.05, 0.1) is 44.6 Å². The first kappa shape index (κ1) is 47.1. The van der Waals surface area contributed by atoms with E-state index in [9.17, 15) is 65.8 Å². The Kier molecular flexibility index (Phi) is 12.5. The van der Waals surface area contributed by atoms with Crippen LogP contribution in [-0.4, -0.2) is 175 Å². The van der Waals surface area contributed by atoms with E-state index in [1.807, 2.05) is 20.8 Å². The molecule has 2 saturated heterocycles. The molecule has 5 aliphatic carbocycles. The average molecular weight is 873 g/mol. The Bertz CT molecular complexity index is 1690. The minimum absolute atomic E-state index is 0.0758. The number of carbonyl (C=O) groups is 2. The minimum Gasteiger partial charge on any atom is -0.468 e. The van der Waals surface area contributed by atoms with Crippen molar-refractivity contribution < 1.29 is 89.4 Å². The van der Waals surface area contributed by atoms with Crippen LogP contribution in [0.5, 0.6) is 0 Å². The van der Waals surface area contributed by atoms with E-state index in [2.05, 4.69) is 19.9 Å². The van der Waals surface area contributed by atoms with Crippen LogP contribution in [0.15, 0.2) is 11.6 Å². The molecule has 348 valence electrons. The van der Waals surface area contributed by atoms with Gasteiger partial charge >= 0.3 is 11.9 Å². The van der Waals surface area contributed by atoms with Crippen LogP contribution >= 0.6 is 0 Å². The predicted molar refractivity (Wildman–Crippen MR) is 208 cm³/mol. The molecule has 0 aromatic heterocycles. The van der Waals surface area contributed by atoms with E-state index < -0.39 is 156 Å². The third-order valence-corrected chi connectivity index (χ3v) is 17.7. The Hall–Kier alpha value is -1.88. The van der Waals surface area contributed by atoms with Crippen LogP contribution < -0.4 is 0 Å². The number of hydrogen-bond acceptors (Lipinski definition) is 18. The summed E-state index contributed by atoms with van der Waals surface area (Å²) in [6.07, 6.45) is -15.5. The Morgan fingerprint density at radius 2 is 1.30 bits per heavy atom. The summed E-state index contributed by atoms with van der Waals surface area (Å²) >= 11 is 0. The van der Waals surface area contributed by atoms with E-state index in [1.165, 1.54) is 7.11 Å². The highest BCUT2D eigenvalue weighted by atomic mass is 16.7. The Balaban J connectivity index is 1.25. The van der Waals surface area contributed by atoms with E-state index in [0.29, 0.717) is 38.5 Å². The van der Waals surface area contributed by atoms with Gasteiger partial charge in [0.1, 0.15) is 60.4 Å². The van der Waals surface area contributed by atoms with Crippen molar-refractivity contribution in [3.8, 4) is 0 Å². The Labute approximate surface area is 355 Å². The lowest BCUT2D eigenvalue weighted by Gasteiger charge is -2.71. The lowest BCUT2D eigenvalue weighted by atomic mass is 9.33. The first-order chi connectivity index (χ1) is 28.5. The maximum absolute atomic E-state index is 14.7. The van der Waals surface area contributed by atoms with Gasteiger partial charge in [-0.05, 0) is 84.9 Å². The summed E-state index contributed by atoms with van der Waals surface area (Å²) in [5, 5.41) is 119. The van der Waals surface area contributed by atoms with Crippen molar-refractivity contribution in [3.63, 3.8) is 0 Å². The number of esters is 2. The number of methoxy groups -OCH3 is 1. The second kappa shape index (κ2) is 16.2. The molecule has 0 bridgehead atoms. The summed E-state index contributed by atoms with van der Waals surface area (Å²) in [7, 11) is 1.17. The van der Waals surface area contributed by atoms with E-state index in [0.717, 1.165) is 5.57 Å². The van der Waals surface area contributed by atoms with Crippen LogP contribution in [0.1, 0.15) is 86.0 Å². The van der Waals surface area contributed by atoms with Gasteiger partial charge in [-0.1, -0.05) is 46.3 Å². The summed E-state index contributed by atoms with van der Waals surface area (Å²) < 4.78 is 28.6. The van der Waals surface area contributed by atoms with Gasteiger partial charge in [-0.3, -0.25) is 9.59 Å². The first-order valence-corrected chi connectivity index (χ1v) is 21.7. The summed E-state index contributed by atoms with van der Waals surface area (Å²) in [5.74, 6) is -3.23. The molecule has 18 heteroatoms. The SMILES string of the molecule is COC(=O)[C@@]1(CO)[C@@H]2CC[C@]3(C)[C@H](CC=C4[C@@H]5[C@H](O)C(C)(C)CC[C@]5(C(=O)O[C@@H]5O[C@H](CO)[C@@H](O)[C@H](O)[C@H]5O)CC[C@]43C)[C@@]2(C)C[C@@H](O)[C@@H]1O[C@@H]1O[C@H](CO)[C@@H](O)[C@H](O)[C@H]1O. The molecule has 6 fully saturated rings. The summed E-state index contributed by atoms with van der Waals surface area (Å²) in [5.41, 5.74) is -5.00. The highest BCUT2D eigenvalue weighted by Gasteiger charge is 2.74. The number of ether oxygens (including phenoxy) is 5. The lowest BCUT2D eigenvalue weighted by molar-refractivity contribution is -0.344. The number of carbonyl (C=O) groups excluding carboxylic acids is 2. The van der Waals surface area contributed by atoms with Crippen LogP contribution in [-0.2, 0) is 33.3 Å². The molecule has 18 nitrogen and oxygen atoms in total. The van der Waals surface area contributed by atoms with Crippen molar-refractivity contribution in [3.05, 3.63) is 11.6 Å². The van der Waals surface area contributed by atoms with Crippen molar-refractivity contribution in [1.29, 1.82) is 0 Å². The molecular formula is C43H68O18. The molecule has 7 aliphatic rings. The van der Waals surface area contributed by atoms with Crippen LogP contribution in [0.3, 0.4) is 0 Å². The van der Waals surface area contributed by atoms with Crippen molar-refractivity contribution in [2.75, 3.05) is 26.9 Å². The van der Waals surface area contributed by atoms with Crippen LogP contribution in [0.25, 0.3) is 0 Å². The molecule has 0 amide bonds. The summed E-state index contributed by atoms with van der Waals surface area (Å²) in [4.78, 5) is 28.9. The second-order valence-electron chi connectivity index (χ2n) is 20.7. The molecule has 21 atom stereocenters. The highest BCUT2D eigenvalue weighted by Crippen LogP contribution is 2.76. The largest absolute Gasteiger partial charge is 0.468 e. The molecule has 61 heavy (non-hydrogen) atoms. The van der Waals surface area contributed by atoms with Gasteiger partial charge in [-0.15, -0.1) is 0 Å². The van der Waals surface area contributed by atoms with Crippen LogP contribution in [0.4, 0.5) is 0 Å². The third-order valence-electron chi connectivity index (χ3n) is 17.7. The molecule has 4 saturated carbocycles. The predicted octanol–water partition coefficient (Wildman–Crippen LogP) is -1.62. The zero-order chi connectivity index (χ0) is 45.0. The zero-order valence-electron chi connectivity index (χ0n) is 35.9. The normalized spacial score (nSPS) is 53.0. The summed E-state index contributed by atoms with van der Waals surface area (Å²) in [6, 6.07) is 0. The molecule has 0 unspecified atom stereocenters. The van der Waals surface area contributed by atoms with Crippen molar-refractivity contribution in [2.24, 2.45) is 50.2 Å². The van der Waals surface area contributed by atoms with E-state index >= 15 is 0 Å². The van der Waals surface area contributed by atoms with Gasteiger partial charge in [-0.25, -0.2) is 0 Å². The topological polar surface area (TPSA) is 303 Å². The Morgan fingerprint density at radius 1 is 0.721 bits per heavy atom. The molecule has 2 aliphatic heterocycles. The standard InChI is InChI=1S/C43H68O18/c1-38(2)11-13-42(36(55)61-35-31(53)29(51)27(49)22(17-45)59-35)14-12-40(4)19(25(42)32(38)54)7-8-23-39(3)15-20(47)33(60-34-30(52)28(50)26(48)21(16-44)58-34)43(18-46,37(56)57-6)24(39)9-10-41(23,40)5/h7,20-35,44-54H,8-18H2,1-6H3/t20-,21-,22-,23-,24-,25-,26-,27-,28+,29+,30-,31-,32+,33+,34+,35+,39-,40-,41-,42+,43+/m1/s1. The molecule has 0 aromatic rings. The van der Waals surface area contributed by atoms with Gasteiger partial charge < -0.3 is 79.9 Å². The number of hydrogen-bond donors (Lipinski definition) is 11. The van der Waals surface area contributed by atoms with Gasteiger partial charge in [0.2, 0.25) is 6.29 Å². The van der Waals surface area contributed by atoms with Crippen molar-refractivity contribution >= 4 is 11.9 Å². The smallest absolute Gasteiger partial charge is 0.317 e.